The largest absolute Gasteiger partial charge is 0.354 e. The van der Waals surface area contributed by atoms with Gasteiger partial charge in [0.05, 0.1) is 18.9 Å². The van der Waals surface area contributed by atoms with E-state index < -0.39 is 17.9 Å². The summed E-state index contributed by atoms with van der Waals surface area (Å²) in [6, 6.07) is 17.8. The Balaban J connectivity index is 1.60. The fourth-order valence-electron chi connectivity index (χ4n) is 3.43. The quantitative estimate of drug-likeness (QED) is 0.309. The lowest BCUT2D eigenvalue weighted by molar-refractivity contribution is -0.158. The zero-order valence-electron chi connectivity index (χ0n) is 20.2. The molecule has 2 rings (SSSR count). The molecule has 0 aliphatic rings. The highest BCUT2D eigenvalue weighted by atomic mass is 16.7. The van der Waals surface area contributed by atoms with Crippen LogP contribution in [0.25, 0.3) is 0 Å². The average molecular weight is 468 g/mol. The Labute approximate surface area is 202 Å². The molecule has 0 radical (unpaired) electrons. The molecule has 4 N–H and O–H groups in total. The fraction of sp³-hybridized carbons (Fsp3) is 0.444. The van der Waals surface area contributed by atoms with Crippen LogP contribution in [0.15, 0.2) is 54.6 Å². The van der Waals surface area contributed by atoms with Crippen molar-refractivity contribution < 1.29 is 19.2 Å². The molecule has 0 heterocycles. The van der Waals surface area contributed by atoms with Gasteiger partial charge in [0.2, 0.25) is 5.91 Å². The zero-order valence-corrected chi connectivity index (χ0v) is 20.2. The number of nitrogens with one attached hydrogen (secondary N) is 2. The third-order valence-corrected chi connectivity index (χ3v) is 5.88. The molecule has 1 unspecified atom stereocenters. The summed E-state index contributed by atoms with van der Waals surface area (Å²) in [6.45, 7) is 3.96. The minimum Gasteiger partial charge on any atom is -0.354 e. The second kappa shape index (κ2) is 14.9. The van der Waals surface area contributed by atoms with Crippen LogP contribution >= 0.6 is 0 Å². The van der Waals surface area contributed by atoms with Crippen molar-refractivity contribution >= 4 is 17.8 Å². The van der Waals surface area contributed by atoms with Gasteiger partial charge in [-0.2, -0.15) is 5.48 Å². The van der Waals surface area contributed by atoms with Gasteiger partial charge in [-0.05, 0) is 48.3 Å². The third kappa shape index (κ3) is 10.2. The highest BCUT2D eigenvalue weighted by Crippen LogP contribution is 2.11. The Kier molecular flexibility index (Phi) is 11.8. The van der Waals surface area contributed by atoms with E-state index in [1.165, 1.54) is 11.1 Å². The van der Waals surface area contributed by atoms with E-state index in [1.54, 1.807) is 0 Å². The number of carbonyl (C=O) groups is 3. The van der Waals surface area contributed by atoms with Gasteiger partial charge in [0, 0.05) is 6.54 Å². The number of aryl methyl sites for hydroxylation is 2. The molecule has 7 nitrogen and oxygen atoms in total. The van der Waals surface area contributed by atoms with Crippen LogP contribution in [0.3, 0.4) is 0 Å². The topological polar surface area (TPSA) is 111 Å². The summed E-state index contributed by atoms with van der Waals surface area (Å²) in [5, 5.41) is 2.61. The van der Waals surface area contributed by atoms with E-state index in [4.69, 9.17) is 10.6 Å². The minimum absolute atomic E-state index is 0.0555. The van der Waals surface area contributed by atoms with E-state index in [9.17, 15) is 14.4 Å². The lowest BCUT2D eigenvalue weighted by Crippen LogP contribution is -2.45. The molecule has 0 aliphatic heterocycles. The summed E-state index contributed by atoms with van der Waals surface area (Å²) in [7, 11) is 0. The Morgan fingerprint density at radius 2 is 1.50 bits per heavy atom. The van der Waals surface area contributed by atoms with Gasteiger partial charge in [-0.25, -0.2) is 4.79 Å². The molecule has 0 aliphatic carbocycles. The number of unbranched alkanes of at least 4 members (excludes halogenated alkanes) is 1. The van der Waals surface area contributed by atoms with Crippen molar-refractivity contribution in [2.45, 2.75) is 64.8 Å². The SMILES string of the molecule is CC[C@@H](C)C(N)C(=O)NCCC(=O)ONC(=O)Cc1ccc(CCCCc2ccccc2)cc1. The van der Waals surface area contributed by atoms with Crippen LogP contribution in [0.4, 0.5) is 0 Å². The van der Waals surface area contributed by atoms with Gasteiger partial charge in [0.1, 0.15) is 0 Å². The first-order valence-electron chi connectivity index (χ1n) is 12.0. The third-order valence-electron chi connectivity index (χ3n) is 5.88. The van der Waals surface area contributed by atoms with Crippen molar-refractivity contribution in [3.8, 4) is 0 Å². The summed E-state index contributed by atoms with van der Waals surface area (Å²) in [6.07, 6.45) is 5.16. The van der Waals surface area contributed by atoms with Crippen molar-refractivity contribution in [3.05, 3.63) is 71.3 Å². The van der Waals surface area contributed by atoms with Crippen molar-refractivity contribution in [1.29, 1.82) is 0 Å². The minimum atomic E-state index is -0.628. The van der Waals surface area contributed by atoms with Crippen molar-refractivity contribution in [3.63, 3.8) is 0 Å². The molecule has 184 valence electrons. The standard InChI is InChI=1S/C27H37N3O4/c1-3-20(2)26(28)27(33)29-18-17-25(32)34-30-24(31)19-23-15-13-22(14-16-23)12-8-7-11-21-9-5-4-6-10-21/h4-6,9-10,13-16,20,26H,3,7-8,11-12,17-19,28H2,1-2H3,(H,29,33)(H,30,31)/t20-,26?/m1/s1. The number of rotatable bonds is 13. The van der Waals surface area contributed by atoms with Crippen LogP contribution in [0.5, 0.6) is 0 Å². The van der Waals surface area contributed by atoms with Crippen LogP contribution in [-0.2, 0) is 38.5 Å². The van der Waals surface area contributed by atoms with E-state index in [0.717, 1.165) is 37.7 Å². The first-order valence-corrected chi connectivity index (χ1v) is 12.0. The molecule has 2 aromatic carbocycles. The summed E-state index contributed by atoms with van der Waals surface area (Å²) in [5.74, 6) is -1.28. The van der Waals surface area contributed by atoms with Gasteiger partial charge in [-0.1, -0.05) is 74.9 Å². The molecule has 0 spiro atoms. The molecule has 0 aromatic heterocycles. The number of hydrogen-bond donors (Lipinski definition) is 3. The van der Waals surface area contributed by atoms with Crippen molar-refractivity contribution in [2.75, 3.05) is 6.54 Å². The number of benzene rings is 2. The average Bonchev–Trinajstić information content (AvgIpc) is 2.86. The Hall–Kier alpha value is -3.19. The highest BCUT2D eigenvalue weighted by Gasteiger charge is 2.19. The molecule has 2 atom stereocenters. The molecule has 0 saturated heterocycles. The molecule has 0 bridgehead atoms. The Bertz CT molecular complexity index is 900. The zero-order chi connectivity index (χ0) is 24.8. The summed E-state index contributed by atoms with van der Waals surface area (Å²) in [5.41, 5.74) is 11.4. The molecule has 34 heavy (non-hydrogen) atoms. The molecule has 2 amide bonds. The van der Waals surface area contributed by atoms with E-state index in [-0.39, 0.29) is 31.2 Å². The van der Waals surface area contributed by atoms with E-state index in [0.29, 0.717) is 0 Å². The van der Waals surface area contributed by atoms with Gasteiger partial charge in [-0.15, -0.1) is 0 Å². The Morgan fingerprint density at radius 1 is 0.912 bits per heavy atom. The maximum Gasteiger partial charge on any atom is 0.334 e. The maximum atomic E-state index is 12.1. The molecule has 2 aromatic rings. The second-order valence-electron chi connectivity index (χ2n) is 8.64. The van der Waals surface area contributed by atoms with E-state index in [1.807, 2.05) is 44.2 Å². The molecule has 0 saturated carbocycles. The number of nitrogens with two attached hydrogens (primary N) is 1. The van der Waals surface area contributed by atoms with Crippen molar-refractivity contribution in [1.82, 2.24) is 10.8 Å². The number of hydroxylamine groups is 1. The smallest absolute Gasteiger partial charge is 0.334 e. The first-order chi connectivity index (χ1) is 16.4. The van der Waals surface area contributed by atoms with Gasteiger partial charge >= 0.3 is 5.97 Å². The van der Waals surface area contributed by atoms with Crippen LogP contribution in [0, 0.1) is 5.92 Å². The molecular weight excluding hydrogens is 430 g/mol. The monoisotopic (exact) mass is 467 g/mol. The summed E-state index contributed by atoms with van der Waals surface area (Å²) < 4.78 is 0. The number of hydrogen-bond acceptors (Lipinski definition) is 5. The van der Waals surface area contributed by atoms with Gasteiger partial charge in [0.25, 0.3) is 5.91 Å². The maximum absolute atomic E-state index is 12.1. The molecular formula is C27H37N3O4. The summed E-state index contributed by atoms with van der Waals surface area (Å²) >= 11 is 0. The lowest BCUT2D eigenvalue weighted by Gasteiger charge is -2.17. The van der Waals surface area contributed by atoms with Gasteiger partial charge in [-0.3, -0.25) is 9.59 Å². The lowest BCUT2D eigenvalue weighted by atomic mass is 9.99. The first kappa shape index (κ1) is 27.1. The number of amides is 2. The predicted octanol–water partition coefficient (Wildman–Crippen LogP) is 3.25. The van der Waals surface area contributed by atoms with Crippen molar-refractivity contribution in [2.24, 2.45) is 11.7 Å². The van der Waals surface area contributed by atoms with Gasteiger partial charge in [0.15, 0.2) is 0 Å². The fourth-order valence-corrected chi connectivity index (χ4v) is 3.43. The Morgan fingerprint density at radius 3 is 2.12 bits per heavy atom. The van der Waals surface area contributed by atoms with E-state index in [2.05, 4.69) is 35.1 Å². The predicted molar refractivity (Wildman–Crippen MR) is 133 cm³/mol. The second-order valence-corrected chi connectivity index (χ2v) is 8.64. The van der Waals surface area contributed by atoms with Crippen LogP contribution in [0.2, 0.25) is 0 Å². The van der Waals surface area contributed by atoms with Crippen LogP contribution in [0.1, 0.15) is 56.2 Å². The van der Waals surface area contributed by atoms with Gasteiger partial charge < -0.3 is 15.9 Å². The van der Waals surface area contributed by atoms with Crippen LogP contribution < -0.4 is 16.5 Å². The molecule has 7 heteroatoms. The summed E-state index contributed by atoms with van der Waals surface area (Å²) in [4.78, 5) is 40.5. The highest BCUT2D eigenvalue weighted by molar-refractivity contribution is 5.82. The number of carbonyl (C=O) groups excluding carboxylic acids is 3. The molecule has 0 fully saturated rings. The van der Waals surface area contributed by atoms with Crippen LogP contribution in [-0.4, -0.2) is 30.4 Å². The van der Waals surface area contributed by atoms with E-state index >= 15 is 0 Å². The normalized spacial score (nSPS) is 12.4.